The third-order valence-corrected chi connectivity index (χ3v) is 3.20. The fraction of sp³-hybridized carbons (Fsp3) is 1.00. The van der Waals surface area contributed by atoms with Gasteiger partial charge >= 0.3 is 0 Å². The summed E-state index contributed by atoms with van der Waals surface area (Å²) < 4.78 is 5.79. The van der Waals surface area contributed by atoms with Crippen LogP contribution in [0.15, 0.2) is 0 Å². The van der Waals surface area contributed by atoms with Gasteiger partial charge in [0.1, 0.15) is 0 Å². The van der Waals surface area contributed by atoms with Crippen molar-refractivity contribution >= 4 is 0 Å². The van der Waals surface area contributed by atoms with Crippen molar-refractivity contribution < 1.29 is 9.84 Å². The molecule has 0 aromatic heterocycles. The molecule has 1 N–H and O–H groups in total. The topological polar surface area (TPSA) is 29.5 Å². The van der Waals surface area contributed by atoms with Crippen molar-refractivity contribution in [2.24, 2.45) is 11.3 Å². The first kappa shape index (κ1) is 13.0. The fourth-order valence-electron chi connectivity index (χ4n) is 2.01. The van der Waals surface area contributed by atoms with E-state index in [0.29, 0.717) is 11.3 Å². The van der Waals surface area contributed by atoms with Crippen LogP contribution in [0.3, 0.4) is 0 Å². The first-order valence-corrected chi connectivity index (χ1v) is 6.18. The van der Waals surface area contributed by atoms with Gasteiger partial charge in [-0.1, -0.05) is 27.7 Å². The molecule has 0 aromatic rings. The van der Waals surface area contributed by atoms with Crippen LogP contribution in [0.25, 0.3) is 0 Å². The largest absolute Gasteiger partial charge is 0.390 e. The molecule has 1 fully saturated rings. The van der Waals surface area contributed by atoms with E-state index in [-0.39, 0.29) is 12.2 Å². The zero-order chi connectivity index (χ0) is 11.5. The van der Waals surface area contributed by atoms with Crippen LogP contribution in [-0.2, 0) is 4.74 Å². The number of hydrogen-bond donors (Lipinski definition) is 1. The summed E-state index contributed by atoms with van der Waals surface area (Å²) in [5.74, 6) is 0.702. The van der Waals surface area contributed by atoms with Crippen LogP contribution in [-0.4, -0.2) is 23.9 Å². The molecule has 3 atom stereocenters. The van der Waals surface area contributed by atoms with Gasteiger partial charge in [-0.2, -0.15) is 0 Å². The molecule has 15 heavy (non-hydrogen) atoms. The lowest BCUT2D eigenvalue weighted by atomic mass is 9.86. The SMILES string of the molecule is CC1CCC(O)C(OCCC(C)(C)C)C1. The van der Waals surface area contributed by atoms with Gasteiger partial charge in [0.2, 0.25) is 0 Å². The molecule has 0 radical (unpaired) electrons. The molecule has 0 aliphatic heterocycles. The van der Waals surface area contributed by atoms with Crippen molar-refractivity contribution in [3.05, 3.63) is 0 Å². The molecular weight excluding hydrogens is 188 g/mol. The molecule has 1 saturated carbocycles. The number of hydrogen-bond acceptors (Lipinski definition) is 2. The Kier molecular flexibility index (Phi) is 4.60. The third kappa shape index (κ3) is 4.98. The lowest BCUT2D eigenvalue weighted by Crippen LogP contribution is -2.35. The fourth-order valence-corrected chi connectivity index (χ4v) is 2.01. The van der Waals surface area contributed by atoms with Gasteiger partial charge < -0.3 is 9.84 Å². The van der Waals surface area contributed by atoms with Crippen molar-refractivity contribution in [1.82, 2.24) is 0 Å². The van der Waals surface area contributed by atoms with Crippen molar-refractivity contribution in [1.29, 1.82) is 0 Å². The molecule has 0 amide bonds. The van der Waals surface area contributed by atoms with Gasteiger partial charge in [0, 0.05) is 6.61 Å². The predicted molar refractivity (Wildman–Crippen MR) is 62.8 cm³/mol. The second-order valence-corrected chi connectivity index (χ2v) is 6.21. The van der Waals surface area contributed by atoms with Crippen LogP contribution in [0.2, 0.25) is 0 Å². The van der Waals surface area contributed by atoms with E-state index in [4.69, 9.17) is 4.74 Å². The van der Waals surface area contributed by atoms with Crippen molar-refractivity contribution in [3.8, 4) is 0 Å². The first-order valence-electron chi connectivity index (χ1n) is 6.18. The Hall–Kier alpha value is -0.0800. The Morgan fingerprint density at radius 3 is 2.53 bits per heavy atom. The van der Waals surface area contributed by atoms with Crippen LogP contribution < -0.4 is 0 Å². The van der Waals surface area contributed by atoms with E-state index >= 15 is 0 Å². The molecule has 1 aliphatic rings. The Morgan fingerprint density at radius 1 is 1.27 bits per heavy atom. The minimum Gasteiger partial charge on any atom is -0.390 e. The Bertz CT molecular complexity index is 183. The Morgan fingerprint density at radius 2 is 1.93 bits per heavy atom. The lowest BCUT2D eigenvalue weighted by Gasteiger charge is -2.32. The van der Waals surface area contributed by atoms with Crippen LogP contribution in [0.4, 0.5) is 0 Å². The second kappa shape index (κ2) is 5.31. The highest BCUT2D eigenvalue weighted by Gasteiger charge is 2.27. The first-order chi connectivity index (χ1) is 6.88. The van der Waals surface area contributed by atoms with E-state index in [1.165, 1.54) is 0 Å². The van der Waals surface area contributed by atoms with Crippen LogP contribution in [0.1, 0.15) is 53.4 Å². The maximum Gasteiger partial charge on any atom is 0.0836 e. The molecule has 0 heterocycles. The molecule has 3 unspecified atom stereocenters. The van der Waals surface area contributed by atoms with Crippen molar-refractivity contribution in [3.63, 3.8) is 0 Å². The quantitative estimate of drug-likeness (QED) is 0.782. The zero-order valence-electron chi connectivity index (χ0n) is 10.6. The highest BCUT2D eigenvalue weighted by atomic mass is 16.5. The molecule has 1 aliphatic carbocycles. The van der Waals surface area contributed by atoms with Crippen LogP contribution in [0.5, 0.6) is 0 Å². The summed E-state index contributed by atoms with van der Waals surface area (Å²) >= 11 is 0. The van der Waals surface area contributed by atoms with Gasteiger partial charge in [0.15, 0.2) is 0 Å². The minimum atomic E-state index is -0.235. The van der Waals surface area contributed by atoms with E-state index in [1.54, 1.807) is 0 Å². The molecule has 2 heteroatoms. The smallest absolute Gasteiger partial charge is 0.0836 e. The van der Waals surface area contributed by atoms with E-state index in [1.807, 2.05) is 0 Å². The molecule has 2 nitrogen and oxygen atoms in total. The predicted octanol–water partition coefficient (Wildman–Crippen LogP) is 2.99. The molecule has 0 spiro atoms. The van der Waals surface area contributed by atoms with Crippen molar-refractivity contribution in [2.75, 3.05) is 6.61 Å². The van der Waals surface area contributed by atoms with Gasteiger partial charge in [-0.3, -0.25) is 0 Å². The highest BCUT2D eigenvalue weighted by molar-refractivity contribution is 4.78. The number of aliphatic hydroxyl groups is 1. The molecule has 1 rings (SSSR count). The summed E-state index contributed by atoms with van der Waals surface area (Å²) in [6.07, 6.45) is 3.97. The summed E-state index contributed by atoms with van der Waals surface area (Å²) in [6, 6.07) is 0. The zero-order valence-corrected chi connectivity index (χ0v) is 10.6. The lowest BCUT2D eigenvalue weighted by molar-refractivity contribution is -0.0742. The van der Waals surface area contributed by atoms with Crippen molar-refractivity contribution in [2.45, 2.75) is 65.6 Å². The normalized spacial score (nSPS) is 33.0. The summed E-state index contributed by atoms with van der Waals surface area (Å²) in [7, 11) is 0. The standard InChI is InChI=1S/C13H26O2/c1-10-5-6-11(14)12(9-10)15-8-7-13(2,3)4/h10-12,14H,5-9H2,1-4H3. The van der Waals surface area contributed by atoms with E-state index in [0.717, 1.165) is 32.3 Å². The average Bonchev–Trinajstić information content (AvgIpc) is 2.09. The van der Waals surface area contributed by atoms with Crippen LogP contribution in [0, 0.1) is 11.3 Å². The average molecular weight is 214 g/mol. The summed E-state index contributed by atoms with van der Waals surface area (Å²) in [6.45, 7) is 9.67. The summed E-state index contributed by atoms with van der Waals surface area (Å²) in [4.78, 5) is 0. The monoisotopic (exact) mass is 214 g/mol. The Balaban J connectivity index is 2.24. The molecule has 0 aromatic carbocycles. The van der Waals surface area contributed by atoms with E-state index in [9.17, 15) is 5.11 Å². The van der Waals surface area contributed by atoms with Gasteiger partial charge in [-0.15, -0.1) is 0 Å². The highest BCUT2D eigenvalue weighted by Crippen LogP contribution is 2.27. The Labute approximate surface area is 94.0 Å². The van der Waals surface area contributed by atoms with Gasteiger partial charge in [0.25, 0.3) is 0 Å². The molecule has 90 valence electrons. The second-order valence-electron chi connectivity index (χ2n) is 6.21. The minimum absolute atomic E-state index is 0.0797. The van der Waals surface area contributed by atoms with Gasteiger partial charge in [-0.05, 0) is 37.0 Å². The molecule has 0 saturated heterocycles. The van der Waals surface area contributed by atoms with Crippen LogP contribution >= 0.6 is 0 Å². The van der Waals surface area contributed by atoms with Gasteiger partial charge in [0.05, 0.1) is 12.2 Å². The number of rotatable bonds is 3. The summed E-state index contributed by atoms with van der Waals surface area (Å²) in [5, 5.41) is 9.79. The maximum absolute atomic E-state index is 9.79. The van der Waals surface area contributed by atoms with Gasteiger partial charge in [-0.25, -0.2) is 0 Å². The summed E-state index contributed by atoms with van der Waals surface area (Å²) in [5.41, 5.74) is 0.325. The van der Waals surface area contributed by atoms with E-state index in [2.05, 4.69) is 27.7 Å². The maximum atomic E-state index is 9.79. The van der Waals surface area contributed by atoms with E-state index < -0.39 is 0 Å². The molecular formula is C13H26O2. The number of ether oxygens (including phenoxy) is 1. The molecule has 0 bridgehead atoms. The number of aliphatic hydroxyl groups excluding tert-OH is 1. The third-order valence-electron chi connectivity index (χ3n) is 3.20.